The molecule has 0 aromatic carbocycles. The molecule has 2 unspecified atom stereocenters. The fourth-order valence-corrected chi connectivity index (χ4v) is 1.77. The van der Waals surface area contributed by atoms with Crippen molar-refractivity contribution in [2.24, 2.45) is 11.8 Å². The summed E-state index contributed by atoms with van der Waals surface area (Å²) in [6.07, 6.45) is -2.50. The minimum atomic E-state index is -4.39. The Kier molecular flexibility index (Phi) is 2.47. The van der Waals surface area contributed by atoms with Crippen molar-refractivity contribution in [3.05, 3.63) is 0 Å². The van der Waals surface area contributed by atoms with Crippen LogP contribution in [0.5, 0.6) is 0 Å². The van der Waals surface area contributed by atoms with E-state index in [-0.39, 0.29) is 0 Å². The Bertz CT molecular complexity index is 389. The summed E-state index contributed by atoms with van der Waals surface area (Å²) in [5.74, 6) is -18.2. The Morgan fingerprint density at radius 2 is 0.889 bits per heavy atom. The first-order valence-electron chi connectivity index (χ1n) is 4.94. The lowest BCUT2D eigenvalue weighted by atomic mass is 9.74. The molecule has 0 radical (unpaired) electrons. The second-order valence-corrected chi connectivity index (χ2v) is 4.46. The fourth-order valence-electron chi connectivity index (χ4n) is 1.77. The molecular formula is C10H6F8. The van der Waals surface area contributed by atoms with E-state index < -0.39 is 48.4 Å². The first-order chi connectivity index (χ1) is 7.92. The van der Waals surface area contributed by atoms with Gasteiger partial charge in [-0.1, -0.05) is 11.8 Å². The molecule has 18 heavy (non-hydrogen) atoms. The average molecular weight is 278 g/mol. The van der Waals surface area contributed by atoms with Gasteiger partial charge in [0.05, 0.1) is 11.8 Å². The lowest BCUT2D eigenvalue weighted by Crippen LogP contribution is -2.59. The van der Waals surface area contributed by atoms with Crippen molar-refractivity contribution in [3.63, 3.8) is 0 Å². The Hall–Kier alpha value is -1.00. The summed E-state index contributed by atoms with van der Waals surface area (Å²) in [7, 11) is 0. The summed E-state index contributed by atoms with van der Waals surface area (Å²) in [6.45, 7) is 0. The smallest absolute Gasteiger partial charge is 0.200 e. The molecule has 0 spiro atoms. The van der Waals surface area contributed by atoms with E-state index >= 15 is 0 Å². The van der Waals surface area contributed by atoms with Gasteiger partial charge in [-0.05, 0) is 0 Å². The normalized spacial score (nSPS) is 37.8. The maximum absolute atomic E-state index is 12.7. The number of halogens is 8. The molecule has 8 heteroatoms. The molecule has 0 aromatic rings. The van der Waals surface area contributed by atoms with Crippen molar-refractivity contribution < 1.29 is 35.1 Å². The van der Waals surface area contributed by atoms with Crippen LogP contribution in [0.15, 0.2) is 0 Å². The van der Waals surface area contributed by atoms with Crippen LogP contribution in [0.1, 0.15) is 12.8 Å². The van der Waals surface area contributed by atoms with Crippen LogP contribution in [0, 0.1) is 23.7 Å². The van der Waals surface area contributed by atoms with E-state index in [0.29, 0.717) is 0 Å². The number of hydrogen-bond acceptors (Lipinski definition) is 0. The third-order valence-electron chi connectivity index (χ3n) is 3.20. The first-order valence-corrected chi connectivity index (χ1v) is 4.94. The minimum Gasteiger partial charge on any atom is -0.200 e. The third kappa shape index (κ3) is 1.52. The molecule has 0 aromatic heterocycles. The molecule has 2 rings (SSSR count). The van der Waals surface area contributed by atoms with Crippen molar-refractivity contribution in [2.45, 2.75) is 36.5 Å². The van der Waals surface area contributed by atoms with Crippen molar-refractivity contribution in [1.29, 1.82) is 0 Å². The van der Waals surface area contributed by atoms with Gasteiger partial charge in [-0.15, -0.1) is 0 Å². The van der Waals surface area contributed by atoms with Gasteiger partial charge in [0.2, 0.25) is 0 Å². The van der Waals surface area contributed by atoms with E-state index in [9.17, 15) is 35.1 Å². The molecule has 2 atom stereocenters. The zero-order chi connectivity index (χ0) is 14.0. The number of alkyl halides is 8. The topological polar surface area (TPSA) is 0 Å². The van der Waals surface area contributed by atoms with Crippen LogP contribution in [0.4, 0.5) is 35.1 Å². The molecule has 0 nitrogen and oxygen atoms in total. The zero-order valence-electron chi connectivity index (χ0n) is 8.59. The highest BCUT2D eigenvalue weighted by molar-refractivity contribution is 5.24. The molecule has 2 saturated carbocycles. The van der Waals surface area contributed by atoms with Crippen LogP contribution in [0.2, 0.25) is 0 Å². The Morgan fingerprint density at radius 1 is 0.611 bits per heavy atom. The van der Waals surface area contributed by atoms with Crippen LogP contribution in [-0.4, -0.2) is 23.7 Å². The van der Waals surface area contributed by atoms with E-state index in [1.165, 1.54) is 0 Å². The quantitative estimate of drug-likeness (QED) is 0.469. The molecule has 0 N–H and O–H groups in total. The first kappa shape index (κ1) is 13.4. The van der Waals surface area contributed by atoms with Gasteiger partial charge in [0.1, 0.15) is 0 Å². The van der Waals surface area contributed by atoms with E-state index in [0.717, 1.165) is 0 Å². The Morgan fingerprint density at radius 3 is 1.06 bits per heavy atom. The predicted octanol–water partition coefficient (Wildman–Crippen LogP) is 3.57. The van der Waals surface area contributed by atoms with E-state index in [1.807, 2.05) is 0 Å². The lowest BCUT2D eigenvalue weighted by molar-refractivity contribution is -0.301. The SMILES string of the molecule is FC1(F)CC(C#CC2CC(F)(F)C2(F)F)C1(F)F. The van der Waals surface area contributed by atoms with Crippen molar-refractivity contribution in [3.8, 4) is 11.8 Å². The van der Waals surface area contributed by atoms with Gasteiger partial charge in [0.25, 0.3) is 0 Å². The largest absolute Gasteiger partial charge is 0.323 e. The molecule has 2 aliphatic carbocycles. The Balaban J connectivity index is 2.05. The maximum Gasteiger partial charge on any atom is 0.323 e. The lowest BCUT2D eigenvalue weighted by Gasteiger charge is -2.42. The zero-order valence-corrected chi connectivity index (χ0v) is 8.59. The second kappa shape index (κ2) is 3.31. The average Bonchev–Trinajstić information content (AvgIpc) is 2.21. The fraction of sp³-hybridized carbons (Fsp3) is 0.800. The highest BCUT2D eigenvalue weighted by Gasteiger charge is 2.73. The van der Waals surface area contributed by atoms with Crippen molar-refractivity contribution in [2.75, 3.05) is 0 Å². The van der Waals surface area contributed by atoms with Gasteiger partial charge >= 0.3 is 23.7 Å². The van der Waals surface area contributed by atoms with Gasteiger partial charge < -0.3 is 0 Å². The summed E-state index contributed by atoms with van der Waals surface area (Å²) in [6, 6.07) is 0. The highest BCUT2D eigenvalue weighted by Crippen LogP contribution is 2.57. The monoisotopic (exact) mass is 278 g/mol. The minimum absolute atomic E-state index is 1.25. The number of rotatable bonds is 0. The summed E-state index contributed by atoms with van der Waals surface area (Å²) in [5, 5.41) is 0. The maximum atomic E-state index is 12.7. The van der Waals surface area contributed by atoms with Crippen LogP contribution in [-0.2, 0) is 0 Å². The molecule has 102 valence electrons. The summed E-state index contributed by atoms with van der Waals surface area (Å²) >= 11 is 0. The second-order valence-electron chi connectivity index (χ2n) is 4.46. The Labute approximate surface area is 96.3 Å². The van der Waals surface area contributed by atoms with Crippen molar-refractivity contribution >= 4 is 0 Å². The highest BCUT2D eigenvalue weighted by atomic mass is 19.3. The standard InChI is InChI=1S/C10H6F8/c11-7(12)3-5(9(7,15)16)1-2-6-4-8(13,14)10(6,17)18/h5-6H,3-4H2. The molecule has 0 saturated heterocycles. The summed E-state index contributed by atoms with van der Waals surface area (Å²) in [5.41, 5.74) is 0. The molecule has 0 amide bonds. The van der Waals surface area contributed by atoms with Crippen molar-refractivity contribution in [1.82, 2.24) is 0 Å². The van der Waals surface area contributed by atoms with Crippen LogP contribution < -0.4 is 0 Å². The van der Waals surface area contributed by atoms with Gasteiger partial charge in [-0.25, -0.2) is 0 Å². The molecule has 2 aliphatic rings. The van der Waals surface area contributed by atoms with Gasteiger partial charge in [-0.3, -0.25) is 0 Å². The van der Waals surface area contributed by atoms with E-state index in [4.69, 9.17) is 0 Å². The van der Waals surface area contributed by atoms with E-state index in [2.05, 4.69) is 0 Å². The van der Waals surface area contributed by atoms with Crippen LogP contribution >= 0.6 is 0 Å². The van der Waals surface area contributed by atoms with Gasteiger partial charge in [0, 0.05) is 12.8 Å². The summed E-state index contributed by atoms with van der Waals surface area (Å²) in [4.78, 5) is 0. The molecule has 0 aliphatic heterocycles. The van der Waals surface area contributed by atoms with Crippen LogP contribution in [0.3, 0.4) is 0 Å². The van der Waals surface area contributed by atoms with Gasteiger partial charge in [0.15, 0.2) is 0 Å². The molecule has 0 heterocycles. The predicted molar refractivity (Wildman–Crippen MR) is 43.8 cm³/mol. The summed E-state index contributed by atoms with van der Waals surface area (Å²) < 4.78 is 100. The molecular weight excluding hydrogens is 272 g/mol. The van der Waals surface area contributed by atoms with Crippen LogP contribution in [0.25, 0.3) is 0 Å². The third-order valence-corrected chi connectivity index (χ3v) is 3.20. The number of hydrogen-bond donors (Lipinski definition) is 0. The molecule has 0 bridgehead atoms. The van der Waals surface area contributed by atoms with E-state index in [1.54, 1.807) is 11.8 Å². The molecule has 2 fully saturated rings. The van der Waals surface area contributed by atoms with Gasteiger partial charge in [-0.2, -0.15) is 35.1 Å².